The largest absolute Gasteiger partial charge is 0.497 e. The zero-order chi connectivity index (χ0) is 20.1. The number of carbonyl (C=O) groups excluding carboxylic acids is 1. The maximum Gasteiger partial charge on any atom is 0.164 e. The number of ether oxygens (including phenoxy) is 1. The van der Waals surface area contributed by atoms with Crippen LogP contribution in [0.5, 0.6) is 5.75 Å². The van der Waals surface area contributed by atoms with Crippen LogP contribution in [-0.2, 0) is 6.54 Å². The molecule has 1 saturated heterocycles. The molecular formula is C25H28N2O2. The molecule has 3 aromatic rings. The molecule has 0 aromatic heterocycles. The second kappa shape index (κ2) is 9.21. The number of methoxy groups -OCH3 is 1. The first kappa shape index (κ1) is 19.6. The SMILES string of the molecule is COc1ccc2cc(C(=O)CCN3CCN(Cc4ccccc4)CC3)ccc2c1. The highest BCUT2D eigenvalue weighted by molar-refractivity contribution is 6.00. The van der Waals surface area contributed by atoms with Crippen molar-refractivity contribution in [2.75, 3.05) is 39.8 Å². The first-order valence-electron chi connectivity index (χ1n) is 10.3. The summed E-state index contributed by atoms with van der Waals surface area (Å²) in [6, 6.07) is 22.5. The Bertz CT molecular complexity index is 963. The fourth-order valence-corrected chi connectivity index (χ4v) is 3.94. The Morgan fingerprint density at radius 2 is 1.55 bits per heavy atom. The Morgan fingerprint density at radius 1 is 0.862 bits per heavy atom. The third kappa shape index (κ3) is 5.03. The molecule has 0 radical (unpaired) electrons. The van der Waals surface area contributed by atoms with Crippen molar-refractivity contribution in [2.24, 2.45) is 0 Å². The Kier molecular flexibility index (Phi) is 6.23. The van der Waals surface area contributed by atoms with Gasteiger partial charge in [0.1, 0.15) is 5.75 Å². The van der Waals surface area contributed by atoms with Gasteiger partial charge in [-0.1, -0.05) is 48.5 Å². The van der Waals surface area contributed by atoms with Crippen LogP contribution in [0.3, 0.4) is 0 Å². The molecule has 1 heterocycles. The van der Waals surface area contributed by atoms with Gasteiger partial charge in [-0.25, -0.2) is 0 Å². The van der Waals surface area contributed by atoms with E-state index in [-0.39, 0.29) is 5.78 Å². The topological polar surface area (TPSA) is 32.8 Å². The Labute approximate surface area is 172 Å². The third-order valence-electron chi connectivity index (χ3n) is 5.74. The summed E-state index contributed by atoms with van der Waals surface area (Å²) in [5, 5.41) is 2.17. The molecule has 0 saturated carbocycles. The van der Waals surface area contributed by atoms with Crippen LogP contribution < -0.4 is 4.74 Å². The molecule has 150 valence electrons. The number of fused-ring (bicyclic) bond motifs is 1. The minimum atomic E-state index is 0.217. The van der Waals surface area contributed by atoms with Crippen LogP contribution >= 0.6 is 0 Å². The van der Waals surface area contributed by atoms with Crippen LogP contribution in [0.15, 0.2) is 66.7 Å². The van der Waals surface area contributed by atoms with Gasteiger partial charge in [-0.15, -0.1) is 0 Å². The average Bonchev–Trinajstić information content (AvgIpc) is 2.78. The molecule has 3 aromatic carbocycles. The zero-order valence-corrected chi connectivity index (χ0v) is 17.0. The normalized spacial score (nSPS) is 15.5. The quantitative estimate of drug-likeness (QED) is 0.567. The van der Waals surface area contributed by atoms with Crippen molar-refractivity contribution in [1.29, 1.82) is 0 Å². The molecule has 4 rings (SSSR count). The molecule has 0 amide bonds. The predicted octanol–water partition coefficient (Wildman–Crippen LogP) is 4.24. The molecule has 1 fully saturated rings. The lowest BCUT2D eigenvalue weighted by Gasteiger charge is -2.34. The van der Waals surface area contributed by atoms with Crippen molar-refractivity contribution in [2.45, 2.75) is 13.0 Å². The van der Waals surface area contributed by atoms with Crippen LogP contribution in [0.2, 0.25) is 0 Å². The van der Waals surface area contributed by atoms with Gasteiger partial charge < -0.3 is 9.64 Å². The second-order valence-electron chi connectivity index (χ2n) is 7.70. The number of Topliss-reactive ketones (excluding diaryl/α,β-unsaturated/α-hetero) is 1. The smallest absolute Gasteiger partial charge is 0.164 e. The summed E-state index contributed by atoms with van der Waals surface area (Å²) in [7, 11) is 1.67. The molecular weight excluding hydrogens is 360 g/mol. The van der Waals surface area contributed by atoms with E-state index in [2.05, 4.69) is 40.1 Å². The summed E-state index contributed by atoms with van der Waals surface area (Å²) in [4.78, 5) is 17.6. The van der Waals surface area contributed by atoms with E-state index in [1.165, 1.54) is 5.56 Å². The van der Waals surface area contributed by atoms with E-state index < -0.39 is 0 Å². The van der Waals surface area contributed by atoms with Crippen LogP contribution in [0.4, 0.5) is 0 Å². The second-order valence-corrected chi connectivity index (χ2v) is 7.70. The van der Waals surface area contributed by atoms with E-state index >= 15 is 0 Å². The van der Waals surface area contributed by atoms with Crippen LogP contribution in [0.1, 0.15) is 22.3 Å². The lowest BCUT2D eigenvalue weighted by Crippen LogP contribution is -2.46. The lowest BCUT2D eigenvalue weighted by atomic mass is 10.0. The molecule has 4 heteroatoms. The highest BCUT2D eigenvalue weighted by Gasteiger charge is 2.18. The molecule has 0 atom stereocenters. The Balaban J connectivity index is 1.27. The summed E-state index contributed by atoms with van der Waals surface area (Å²) in [6.45, 7) is 6.01. The van der Waals surface area contributed by atoms with Gasteiger partial charge in [0.25, 0.3) is 0 Å². The molecule has 1 aliphatic rings. The third-order valence-corrected chi connectivity index (χ3v) is 5.74. The number of nitrogens with zero attached hydrogens (tertiary/aromatic N) is 2. The lowest BCUT2D eigenvalue weighted by molar-refractivity contribution is 0.0923. The van der Waals surface area contributed by atoms with E-state index in [1.54, 1.807) is 7.11 Å². The number of piperazine rings is 1. The van der Waals surface area contributed by atoms with Crippen molar-refractivity contribution in [3.8, 4) is 5.75 Å². The van der Waals surface area contributed by atoms with Crippen molar-refractivity contribution in [1.82, 2.24) is 9.80 Å². The van der Waals surface area contributed by atoms with Crippen LogP contribution in [-0.4, -0.2) is 55.4 Å². The number of hydrogen-bond acceptors (Lipinski definition) is 4. The molecule has 29 heavy (non-hydrogen) atoms. The molecule has 0 aliphatic carbocycles. The van der Waals surface area contributed by atoms with Gasteiger partial charge in [-0.3, -0.25) is 9.69 Å². The van der Waals surface area contributed by atoms with Crippen molar-refractivity contribution >= 4 is 16.6 Å². The summed E-state index contributed by atoms with van der Waals surface area (Å²) in [5.74, 6) is 1.05. The van der Waals surface area contributed by atoms with Gasteiger partial charge in [-0.05, 0) is 34.5 Å². The number of carbonyl (C=O) groups is 1. The zero-order valence-electron chi connectivity index (χ0n) is 17.0. The first-order valence-corrected chi connectivity index (χ1v) is 10.3. The standard InChI is InChI=1S/C25H28N2O2/c1-29-24-10-9-21-17-23(8-7-22(21)18-24)25(28)11-12-26-13-15-27(16-14-26)19-20-5-3-2-4-6-20/h2-10,17-18H,11-16,19H2,1H3. The summed E-state index contributed by atoms with van der Waals surface area (Å²) < 4.78 is 5.27. The minimum Gasteiger partial charge on any atom is -0.497 e. The highest BCUT2D eigenvalue weighted by Crippen LogP contribution is 2.22. The Morgan fingerprint density at radius 3 is 2.31 bits per heavy atom. The predicted molar refractivity (Wildman–Crippen MR) is 118 cm³/mol. The van der Waals surface area contributed by atoms with E-state index in [0.717, 1.165) is 61.4 Å². The van der Waals surface area contributed by atoms with E-state index in [9.17, 15) is 4.79 Å². The minimum absolute atomic E-state index is 0.217. The Hall–Kier alpha value is -2.69. The first-order chi connectivity index (χ1) is 14.2. The highest BCUT2D eigenvalue weighted by atomic mass is 16.5. The van der Waals surface area contributed by atoms with E-state index in [4.69, 9.17) is 4.74 Å². The van der Waals surface area contributed by atoms with E-state index in [0.29, 0.717) is 6.42 Å². The maximum absolute atomic E-state index is 12.7. The number of ketones is 1. The molecule has 0 spiro atoms. The van der Waals surface area contributed by atoms with Gasteiger partial charge in [0, 0.05) is 51.3 Å². The average molecular weight is 389 g/mol. The summed E-state index contributed by atoms with van der Waals surface area (Å²) in [5.41, 5.74) is 2.16. The molecule has 4 nitrogen and oxygen atoms in total. The number of rotatable bonds is 7. The monoisotopic (exact) mass is 388 g/mol. The van der Waals surface area contributed by atoms with Crippen molar-refractivity contribution in [3.63, 3.8) is 0 Å². The van der Waals surface area contributed by atoms with Crippen molar-refractivity contribution in [3.05, 3.63) is 77.9 Å². The molecule has 0 N–H and O–H groups in total. The molecule has 1 aliphatic heterocycles. The molecule has 0 unspecified atom stereocenters. The van der Waals surface area contributed by atoms with Crippen molar-refractivity contribution < 1.29 is 9.53 Å². The summed E-state index contributed by atoms with van der Waals surface area (Å²) >= 11 is 0. The maximum atomic E-state index is 12.7. The van der Waals surface area contributed by atoms with Crippen LogP contribution in [0, 0.1) is 0 Å². The fourth-order valence-electron chi connectivity index (χ4n) is 3.94. The van der Waals surface area contributed by atoms with Gasteiger partial charge in [-0.2, -0.15) is 0 Å². The fraction of sp³-hybridized carbons (Fsp3) is 0.320. The van der Waals surface area contributed by atoms with Gasteiger partial charge >= 0.3 is 0 Å². The van der Waals surface area contributed by atoms with Gasteiger partial charge in [0.15, 0.2) is 5.78 Å². The van der Waals surface area contributed by atoms with Crippen LogP contribution in [0.25, 0.3) is 10.8 Å². The van der Waals surface area contributed by atoms with E-state index in [1.807, 2.05) is 36.4 Å². The number of benzene rings is 3. The van der Waals surface area contributed by atoms with Gasteiger partial charge in [0.2, 0.25) is 0 Å². The number of hydrogen-bond donors (Lipinski definition) is 0. The summed E-state index contributed by atoms with van der Waals surface area (Å²) in [6.07, 6.45) is 0.570. The van der Waals surface area contributed by atoms with Gasteiger partial charge in [0.05, 0.1) is 7.11 Å². The molecule has 0 bridgehead atoms.